The monoisotopic (exact) mass is 557 g/mol. The zero-order valence-corrected chi connectivity index (χ0v) is 22.2. The van der Waals surface area contributed by atoms with E-state index >= 15 is 4.39 Å². The Morgan fingerprint density at radius 1 is 1.18 bits per heavy atom. The average molecular weight is 558 g/mol. The molecule has 3 aliphatic carbocycles. The SMILES string of the molecule is CN(C)[C@@H]1C(O)=C(C(N)=O)C(=O)[C@@]2(O)C(O)=C3C(=O)c4c(O)c5c(c(F)c4C[C@H]3C[C@@H]12)CN(C[C@H]1CCCO1)C5. The van der Waals surface area contributed by atoms with Crippen LogP contribution < -0.4 is 5.73 Å². The number of aromatic hydroxyl groups is 1. The van der Waals surface area contributed by atoms with E-state index in [4.69, 9.17) is 10.5 Å². The Kier molecular flexibility index (Phi) is 6.11. The summed E-state index contributed by atoms with van der Waals surface area (Å²) in [6, 6.07) is -1.10. The lowest BCUT2D eigenvalue weighted by molar-refractivity contribution is -0.148. The van der Waals surface area contributed by atoms with E-state index in [2.05, 4.69) is 0 Å². The first-order chi connectivity index (χ1) is 18.9. The van der Waals surface area contributed by atoms with Gasteiger partial charge < -0.3 is 30.9 Å². The summed E-state index contributed by atoms with van der Waals surface area (Å²) in [5.74, 6) is -8.04. The van der Waals surface area contributed by atoms with Gasteiger partial charge in [0.15, 0.2) is 11.4 Å². The Bertz CT molecular complexity index is 1430. The molecule has 11 nitrogen and oxygen atoms in total. The highest BCUT2D eigenvalue weighted by atomic mass is 19.1. The van der Waals surface area contributed by atoms with Crippen LogP contribution in [0.2, 0.25) is 0 Å². The zero-order valence-electron chi connectivity index (χ0n) is 22.2. The van der Waals surface area contributed by atoms with Gasteiger partial charge in [-0.15, -0.1) is 0 Å². The summed E-state index contributed by atoms with van der Waals surface area (Å²) in [4.78, 5) is 42.8. The largest absolute Gasteiger partial charge is 0.510 e. The molecule has 12 heteroatoms. The molecule has 0 saturated carbocycles. The second-order valence-corrected chi connectivity index (χ2v) is 11.7. The van der Waals surface area contributed by atoms with E-state index in [0.29, 0.717) is 24.3 Å². The van der Waals surface area contributed by atoms with Gasteiger partial charge in [0.25, 0.3) is 5.91 Å². The normalized spacial score (nSPS) is 31.9. The van der Waals surface area contributed by atoms with Gasteiger partial charge in [-0.25, -0.2) is 4.39 Å². The molecule has 1 amide bonds. The lowest BCUT2D eigenvalue weighted by Crippen LogP contribution is -2.63. The second kappa shape index (κ2) is 9.10. The highest BCUT2D eigenvalue weighted by molar-refractivity contribution is 6.24. The van der Waals surface area contributed by atoms with E-state index in [9.17, 15) is 34.8 Å². The molecule has 2 heterocycles. The first kappa shape index (κ1) is 26.9. The van der Waals surface area contributed by atoms with Gasteiger partial charge >= 0.3 is 0 Å². The van der Waals surface area contributed by atoms with Gasteiger partial charge in [0.2, 0.25) is 5.78 Å². The third-order valence-electron chi connectivity index (χ3n) is 9.28. The fourth-order valence-electron chi connectivity index (χ4n) is 7.49. The predicted octanol–water partition coefficient (Wildman–Crippen LogP) is 0.754. The van der Waals surface area contributed by atoms with Crippen molar-refractivity contribution in [2.75, 3.05) is 27.2 Å². The van der Waals surface area contributed by atoms with Crippen molar-refractivity contribution in [3.63, 3.8) is 0 Å². The molecule has 5 aliphatic rings. The van der Waals surface area contributed by atoms with Crippen molar-refractivity contribution in [3.8, 4) is 5.75 Å². The van der Waals surface area contributed by atoms with Gasteiger partial charge in [-0.1, -0.05) is 0 Å². The standard InChI is InChI=1S/C28H32FN3O8/c1-31(2)21-16-7-11-6-13-18(22(33)15-10-32(9-14(15)20(13)29)8-12-4-3-5-40-12)23(34)17(11)25(36)28(16,39)26(37)19(24(21)35)27(30)38/h11-12,16,21,33,35-36,39H,3-10H2,1-2H3,(H2,30,38)/t11-,12+,16-,21-,28-/m0/s1. The van der Waals surface area contributed by atoms with E-state index in [1.807, 2.05) is 4.90 Å². The smallest absolute Gasteiger partial charge is 0.255 e. The minimum absolute atomic E-state index is 0.0160. The lowest BCUT2D eigenvalue weighted by atomic mass is 9.58. The molecule has 0 aromatic heterocycles. The highest BCUT2D eigenvalue weighted by Crippen LogP contribution is 2.53. The molecule has 0 radical (unpaired) electrons. The number of ketones is 2. The molecule has 0 unspecified atom stereocenters. The number of likely N-dealkylation sites (N-methyl/N-ethyl adjacent to an activating group) is 1. The number of primary amides is 1. The number of phenolic OH excluding ortho intramolecular Hbond substituents is 1. The Balaban J connectivity index is 1.44. The van der Waals surface area contributed by atoms with Crippen LogP contribution in [-0.4, -0.2) is 92.7 Å². The van der Waals surface area contributed by atoms with Crippen LogP contribution in [0.25, 0.3) is 0 Å². The molecule has 0 spiro atoms. The number of carbonyl (C=O) groups is 3. The highest BCUT2D eigenvalue weighted by Gasteiger charge is 2.63. The Morgan fingerprint density at radius 3 is 2.50 bits per heavy atom. The maximum Gasteiger partial charge on any atom is 0.255 e. The summed E-state index contributed by atoms with van der Waals surface area (Å²) >= 11 is 0. The van der Waals surface area contributed by atoms with Gasteiger partial charge in [0.1, 0.15) is 28.7 Å². The van der Waals surface area contributed by atoms with Crippen LogP contribution >= 0.6 is 0 Å². The fourth-order valence-corrected chi connectivity index (χ4v) is 7.49. The van der Waals surface area contributed by atoms with Crippen LogP contribution in [0.4, 0.5) is 4.39 Å². The summed E-state index contributed by atoms with van der Waals surface area (Å²) in [6.07, 6.45) is 1.69. The Labute approximate surface area is 229 Å². The van der Waals surface area contributed by atoms with Gasteiger partial charge in [-0.3, -0.25) is 24.2 Å². The number of allylic oxidation sites excluding steroid dienone is 1. The third-order valence-corrected chi connectivity index (χ3v) is 9.28. The summed E-state index contributed by atoms with van der Waals surface area (Å²) in [6.45, 7) is 1.70. The maximum absolute atomic E-state index is 16.0. The molecule has 214 valence electrons. The van der Waals surface area contributed by atoms with Crippen LogP contribution in [0.1, 0.15) is 46.3 Å². The summed E-state index contributed by atoms with van der Waals surface area (Å²) in [5.41, 5.74) is 1.79. The van der Waals surface area contributed by atoms with Crippen molar-refractivity contribution < 1.29 is 43.9 Å². The van der Waals surface area contributed by atoms with Gasteiger partial charge in [0.05, 0.1) is 17.7 Å². The molecule has 6 rings (SSSR count). The number of hydrogen-bond acceptors (Lipinski definition) is 10. The Morgan fingerprint density at radius 2 is 1.88 bits per heavy atom. The maximum atomic E-state index is 16.0. The number of benzene rings is 1. The van der Waals surface area contributed by atoms with Gasteiger partial charge in [-0.2, -0.15) is 0 Å². The van der Waals surface area contributed by atoms with Gasteiger partial charge in [-0.05, 0) is 45.7 Å². The fraction of sp³-hybridized carbons (Fsp3) is 0.536. The number of nitrogens with zero attached hydrogens (tertiary/aromatic N) is 2. The van der Waals surface area contributed by atoms with Crippen molar-refractivity contribution in [3.05, 3.63) is 50.7 Å². The van der Waals surface area contributed by atoms with Crippen LogP contribution in [-0.2, 0) is 33.8 Å². The van der Waals surface area contributed by atoms with Crippen molar-refractivity contribution in [2.24, 2.45) is 17.6 Å². The average Bonchev–Trinajstić information content (AvgIpc) is 3.55. The number of ether oxygens (including phenoxy) is 1. The molecule has 40 heavy (non-hydrogen) atoms. The number of amides is 1. The summed E-state index contributed by atoms with van der Waals surface area (Å²) in [7, 11) is 3.10. The van der Waals surface area contributed by atoms with Crippen molar-refractivity contribution >= 4 is 17.5 Å². The summed E-state index contributed by atoms with van der Waals surface area (Å²) < 4.78 is 21.7. The number of aliphatic hydroxyl groups excluding tert-OH is 2. The number of hydrogen-bond donors (Lipinski definition) is 5. The quantitative estimate of drug-likeness (QED) is 0.333. The zero-order chi connectivity index (χ0) is 28.8. The number of carbonyl (C=O) groups excluding carboxylic acids is 3. The van der Waals surface area contributed by atoms with Crippen LogP contribution in [0.3, 0.4) is 0 Å². The van der Waals surface area contributed by atoms with Crippen LogP contribution in [0, 0.1) is 17.7 Å². The summed E-state index contributed by atoms with van der Waals surface area (Å²) in [5, 5.41) is 45.1. The number of aliphatic hydroxyl groups is 3. The number of Topliss-reactive ketones (excluding diaryl/α,β-unsaturated/α-hetero) is 2. The molecular formula is C28H32FN3O8. The topological polar surface area (TPSA) is 174 Å². The number of fused-ring (bicyclic) bond motifs is 4. The number of halogens is 1. The van der Waals surface area contributed by atoms with Crippen molar-refractivity contribution in [1.29, 1.82) is 0 Å². The van der Waals surface area contributed by atoms with E-state index in [-0.39, 0.29) is 54.5 Å². The first-order valence-corrected chi connectivity index (χ1v) is 13.4. The van der Waals surface area contributed by atoms with Crippen molar-refractivity contribution in [1.82, 2.24) is 9.80 Å². The first-order valence-electron chi connectivity index (χ1n) is 13.4. The molecule has 5 atom stereocenters. The Hall–Kier alpha value is -3.32. The molecule has 1 aromatic rings. The molecule has 1 aromatic carbocycles. The lowest BCUT2D eigenvalue weighted by Gasteiger charge is -2.50. The minimum Gasteiger partial charge on any atom is -0.510 e. The molecule has 0 bridgehead atoms. The number of nitrogens with two attached hydrogens (primary N) is 1. The van der Waals surface area contributed by atoms with E-state index in [0.717, 1.165) is 12.8 Å². The van der Waals surface area contributed by atoms with Gasteiger partial charge in [0, 0.05) is 54.4 Å². The third kappa shape index (κ3) is 3.52. The number of phenols is 1. The van der Waals surface area contributed by atoms with Crippen molar-refractivity contribution in [2.45, 2.75) is 56.5 Å². The second-order valence-electron chi connectivity index (χ2n) is 11.7. The van der Waals surface area contributed by atoms with E-state index in [1.54, 1.807) is 14.1 Å². The van der Waals surface area contributed by atoms with Crippen LogP contribution in [0.5, 0.6) is 5.75 Å². The molecule has 2 aliphatic heterocycles. The molecular weight excluding hydrogens is 525 g/mol. The molecule has 6 N–H and O–H groups in total. The molecule has 1 saturated heterocycles. The van der Waals surface area contributed by atoms with E-state index in [1.165, 1.54) is 4.90 Å². The van der Waals surface area contributed by atoms with E-state index < -0.39 is 63.9 Å². The van der Waals surface area contributed by atoms with Crippen LogP contribution in [0.15, 0.2) is 22.7 Å². The number of rotatable bonds is 4. The molecule has 1 fully saturated rings. The predicted molar refractivity (Wildman–Crippen MR) is 137 cm³/mol. The minimum atomic E-state index is -2.73.